The minimum atomic E-state index is -1.09. The molecule has 5 nitrogen and oxygen atoms in total. The van der Waals surface area contributed by atoms with Gasteiger partial charge in [0.15, 0.2) is 5.76 Å². The van der Waals surface area contributed by atoms with Crippen molar-refractivity contribution in [2.24, 2.45) is 0 Å². The lowest BCUT2D eigenvalue weighted by Gasteiger charge is -2.13. The zero-order valence-electron chi connectivity index (χ0n) is 10.3. The van der Waals surface area contributed by atoms with Crippen LogP contribution in [0.2, 0.25) is 0 Å². The van der Waals surface area contributed by atoms with Gasteiger partial charge in [0.1, 0.15) is 11.4 Å². The molecule has 0 fully saturated rings. The summed E-state index contributed by atoms with van der Waals surface area (Å²) in [5.41, 5.74) is 0.801. The van der Waals surface area contributed by atoms with Crippen molar-refractivity contribution in [3.63, 3.8) is 0 Å². The van der Waals surface area contributed by atoms with Crippen molar-refractivity contribution in [3.05, 3.63) is 53.2 Å². The first-order valence-electron chi connectivity index (χ1n) is 5.73. The minimum Gasteiger partial charge on any atom is -0.478 e. The van der Waals surface area contributed by atoms with Gasteiger partial charge in [-0.2, -0.15) is 0 Å². The number of rotatable bonds is 5. The second kappa shape index (κ2) is 5.62. The molecule has 100 valence electrons. The average Bonchev–Trinajstić information content (AvgIpc) is 2.84. The highest BCUT2D eigenvalue weighted by atomic mass is 19.1. The van der Waals surface area contributed by atoms with E-state index < -0.39 is 5.97 Å². The third-order valence-corrected chi connectivity index (χ3v) is 2.79. The SMILES string of the molecule is C[C@H](NCc1oncc1C(=O)O)c1cccc(F)c1. The Hall–Kier alpha value is -2.21. The third-order valence-electron chi connectivity index (χ3n) is 2.79. The van der Waals surface area contributed by atoms with E-state index in [1.54, 1.807) is 12.1 Å². The number of halogens is 1. The molecule has 0 spiro atoms. The Morgan fingerprint density at radius 2 is 2.37 bits per heavy atom. The predicted octanol–water partition coefficient (Wildman–Crippen LogP) is 2.36. The molecule has 2 N–H and O–H groups in total. The third kappa shape index (κ3) is 3.17. The summed E-state index contributed by atoms with van der Waals surface area (Å²) in [5, 5.41) is 15.4. The van der Waals surface area contributed by atoms with Crippen LogP contribution in [-0.4, -0.2) is 16.2 Å². The fraction of sp³-hybridized carbons (Fsp3) is 0.231. The number of carboxylic acid groups (broad SMARTS) is 1. The Balaban J connectivity index is 2.02. The average molecular weight is 264 g/mol. The molecule has 0 aliphatic rings. The maximum atomic E-state index is 13.1. The van der Waals surface area contributed by atoms with Crippen LogP contribution < -0.4 is 5.32 Å². The Morgan fingerprint density at radius 1 is 1.58 bits per heavy atom. The van der Waals surface area contributed by atoms with E-state index in [0.29, 0.717) is 0 Å². The fourth-order valence-electron chi connectivity index (χ4n) is 1.71. The molecule has 0 bridgehead atoms. The lowest BCUT2D eigenvalue weighted by atomic mass is 10.1. The highest BCUT2D eigenvalue weighted by Gasteiger charge is 2.15. The second-order valence-corrected chi connectivity index (χ2v) is 4.13. The smallest absolute Gasteiger partial charge is 0.341 e. The fourth-order valence-corrected chi connectivity index (χ4v) is 1.71. The van der Waals surface area contributed by atoms with Crippen molar-refractivity contribution >= 4 is 5.97 Å². The number of aromatic carboxylic acids is 1. The van der Waals surface area contributed by atoms with Crippen molar-refractivity contribution in [1.29, 1.82) is 0 Å². The standard InChI is InChI=1S/C13H13FN2O3/c1-8(9-3-2-4-10(14)5-9)15-7-12-11(13(17)18)6-16-19-12/h2-6,8,15H,7H2,1H3,(H,17,18)/t8-/m0/s1. The lowest BCUT2D eigenvalue weighted by molar-refractivity contribution is 0.0694. The van der Waals surface area contributed by atoms with Crippen LogP contribution in [0.1, 0.15) is 34.6 Å². The van der Waals surface area contributed by atoms with Crippen molar-refractivity contribution in [3.8, 4) is 0 Å². The number of hydrogen-bond donors (Lipinski definition) is 2. The summed E-state index contributed by atoms with van der Waals surface area (Å²) in [6, 6.07) is 6.08. The van der Waals surface area contributed by atoms with E-state index >= 15 is 0 Å². The summed E-state index contributed by atoms with van der Waals surface area (Å²) in [6.45, 7) is 2.06. The summed E-state index contributed by atoms with van der Waals surface area (Å²) in [6.07, 6.45) is 1.16. The van der Waals surface area contributed by atoms with Gasteiger partial charge in [-0.1, -0.05) is 17.3 Å². The highest BCUT2D eigenvalue weighted by Crippen LogP contribution is 2.15. The van der Waals surface area contributed by atoms with Gasteiger partial charge in [-0.15, -0.1) is 0 Å². The highest BCUT2D eigenvalue weighted by molar-refractivity contribution is 5.88. The molecular weight excluding hydrogens is 251 g/mol. The first-order valence-corrected chi connectivity index (χ1v) is 5.73. The van der Waals surface area contributed by atoms with Gasteiger partial charge in [0.25, 0.3) is 0 Å². The zero-order valence-corrected chi connectivity index (χ0v) is 10.3. The molecule has 0 aliphatic carbocycles. The van der Waals surface area contributed by atoms with Gasteiger partial charge in [-0.25, -0.2) is 9.18 Å². The molecule has 1 aromatic heterocycles. The van der Waals surface area contributed by atoms with Crippen molar-refractivity contribution in [2.75, 3.05) is 0 Å². The van der Waals surface area contributed by atoms with Gasteiger partial charge in [0.05, 0.1) is 12.7 Å². The molecule has 1 atom stereocenters. The molecule has 0 saturated heterocycles. The molecule has 0 unspecified atom stereocenters. The normalized spacial score (nSPS) is 12.3. The molecule has 0 saturated carbocycles. The predicted molar refractivity (Wildman–Crippen MR) is 65.1 cm³/mol. The van der Waals surface area contributed by atoms with Gasteiger partial charge < -0.3 is 14.9 Å². The van der Waals surface area contributed by atoms with Gasteiger partial charge in [0, 0.05) is 6.04 Å². The molecule has 6 heteroatoms. The molecule has 1 heterocycles. The molecule has 19 heavy (non-hydrogen) atoms. The Kier molecular flexibility index (Phi) is 3.91. The second-order valence-electron chi connectivity index (χ2n) is 4.13. The van der Waals surface area contributed by atoms with E-state index in [4.69, 9.17) is 9.63 Å². The Labute approximate surface area is 109 Å². The Morgan fingerprint density at radius 3 is 3.05 bits per heavy atom. The topological polar surface area (TPSA) is 75.4 Å². The van der Waals surface area contributed by atoms with E-state index in [2.05, 4.69) is 10.5 Å². The zero-order chi connectivity index (χ0) is 13.8. The van der Waals surface area contributed by atoms with Crippen molar-refractivity contribution < 1.29 is 18.8 Å². The number of carbonyl (C=O) groups is 1. The summed E-state index contributed by atoms with van der Waals surface area (Å²) in [7, 11) is 0. The van der Waals surface area contributed by atoms with Crippen LogP contribution in [-0.2, 0) is 6.54 Å². The number of benzene rings is 1. The van der Waals surface area contributed by atoms with Crippen LogP contribution >= 0.6 is 0 Å². The quantitative estimate of drug-likeness (QED) is 0.867. The first-order chi connectivity index (χ1) is 9.08. The number of carboxylic acids is 1. The molecule has 0 radical (unpaired) electrons. The van der Waals surface area contributed by atoms with Gasteiger partial charge in [0.2, 0.25) is 0 Å². The summed E-state index contributed by atoms with van der Waals surface area (Å²) in [4.78, 5) is 10.9. The van der Waals surface area contributed by atoms with E-state index in [9.17, 15) is 9.18 Å². The van der Waals surface area contributed by atoms with E-state index in [1.165, 1.54) is 12.1 Å². The molecular formula is C13H13FN2O3. The lowest BCUT2D eigenvalue weighted by Crippen LogP contribution is -2.19. The minimum absolute atomic E-state index is 0.0268. The van der Waals surface area contributed by atoms with Crippen molar-refractivity contribution in [1.82, 2.24) is 10.5 Å². The maximum Gasteiger partial charge on any atom is 0.341 e. The Bertz CT molecular complexity index is 583. The van der Waals surface area contributed by atoms with Crippen LogP contribution in [0.5, 0.6) is 0 Å². The summed E-state index contributed by atoms with van der Waals surface area (Å²) >= 11 is 0. The van der Waals surface area contributed by atoms with E-state index in [1.807, 2.05) is 6.92 Å². The van der Waals surface area contributed by atoms with Crippen LogP contribution in [0.15, 0.2) is 35.0 Å². The van der Waals surface area contributed by atoms with Crippen LogP contribution in [0.25, 0.3) is 0 Å². The first kappa shape index (κ1) is 13.2. The largest absolute Gasteiger partial charge is 0.478 e. The number of nitrogens with zero attached hydrogens (tertiary/aromatic N) is 1. The molecule has 1 aromatic carbocycles. The van der Waals surface area contributed by atoms with E-state index in [-0.39, 0.29) is 29.7 Å². The number of aromatic nitrogens is 1. The maximum absolute atomic E-state index is 13.1. The van der Waals surface area contributed by atoms with Crippen LogP contribution in [0.4, 0.5) is 4.39 Å². The van der Waals surface area contributed by atoms with E-state index in [0.717, 1.165) is 11.8 Å². The molecule has 0 amide bonds. The monoisotopic (exact) mass is 264 g/mol. The van der Waals surface area contributed by atoms with Gasteiger partial charge >= 0.3 is 5.97 Å². The molecule has 2 rings (SSSR count). The number of nitrogens with one attached hydrogen (secondary N) is 1. The summed E-state index contributed by atoms with van der Waals surface area (Å²) in [5.74, 6) is -1.15. The van der Waals surface area contributed by atoms with Gasteiger partial charge in [-0.3, -0.25) is 0 Å². The van der Waals surface area contributed by atoms with Gasteiger partial charge in [-0.05, 0) is 24.6 Å². The van der Waals surface area contributed by atoms with Crippen molar-refractivity contribution in [2.45, 2.75) is 19.5 Å². The number of hydrogen-bond acceptors (Lipinski definition) is 4. The molecule has 2 aromatic rings. The van der Waals surface area contributed by atoms with Crippen LogP contribution in [0.3, 0.4) is 0 Å². The summed E-state index contributed by atoms with van der Waals surface area (Å²) < 4.78 is 17.9. The molecule has 0 aliphatic heterocycles. The van der Waals surface area contributed by atoms with Crippen LogP contribution in [0, 0.1) is 5.82 Å².